The van der Waals surface area contributed by atoms with Crippen molar-refractivity contribution in [2.24, 2.45) is 0 Å². The fourth-order valence-corrected chi connectivity index (χ4v) is 3.87. The number of rotatable bonds is 8. The molecule has 3 aromatic rings. The van der Waals surface area contributed by atoms with Crippen molar-refractivity contribution < 1.29 is 19.1 Å². The molecule has 7 nitrogen and oxygen atoms in total. The Bertz CT molecular complexity index is 1240. The number of nitriles is 1. The summed E-state index contributed by atoms with van der Waals surface area (Å²) >= 11 is 0. The van der Waals surface area contributed by atoms with Crippen LogP contribution >= 0.6 is 0 Å². The van der Waals surface area contributed by atoms with Crippen molar-refractivity contribution in [3.63, 3.8) is 0 Å². The maximum atomic E-state index is 13.0. The van der Waals surface area contributed by atoms with Crippen molar-refractivity contribution in [1.29, 1.82) is 5.26 Å². The molecular weight excluding hydrogens is 406 g/mol. The number of ketones is 1. The highest BCUT2D eigenvalue weighted by atomic mass is 16.5. The lowest BCUT2D eigenvalue weighted by molar-refractivity contribution is -0.141. The van der Waals surface area contributed by atoms with Crippen LogP contribution in [0.15, 0.2) is 35.9 Å². The Kier molecular flexibility index (Phi) is 6.96. The van der Waals surface area contributed by atoms with Crippen molar-refractivity contribution in [3.8, 4) is 6.07 Å². The number of methoxy groups -OCH3 is 1. The number of esters is 1. The minimum absolute atomic E-state index is 0.160. The average molecular weight is 434 g/mol. The number of aromatic nitrogens is 2. The molecule has 166 valence electrons. The van der Waals surface area contributed by atoms with E-state index in [1.807, 2.05) is 57.2 Å². The van der Waals surface area contributed by atoms with Gasteiger partial charge in [-0.1, -0.05) is 18.2 Å². The van der Waals surface area contributed by atoms with Crippen LogP contribution in [0, 0.1) is 32.1 Å². The molecule has 0 amide bonds. The van der Waals surface area contributed by atoms with Gasteiger partial charge in [0.1, 0.15) is 11.6 Å². The first-order chi connectivity index (χ1) is 15.3. The summed E-state index contributed by atoms with van der Waals surface area (Å²) in [6.07, 6.45) is 0.466. The number of carbonyl (C=O) groups excluding carboxylic acids is 2. The van der Waals surface area contributed by atoms with Gasteiger partial charge in [-0.05, 0) is 51.5 Å². The van der Waals surface area contributed by atoms with Crippen LogP contribution in [-0.2, 0) is 20.8 Å². The Morgan fingerprint density at radius 1 is 1.25 bits per heavy atom. The number of ether oxygens (including phenoxy) is 2. The normalized spacial score (nSPS) is 12.6. The molecule has 1 atom stereocenters. The minimum atomic E-state index is -1.04. The van der Waals surface area contributed by atoms with Crippen LogP contribution in [0.25, 0.3) is 17.0 Å². The van der Waals surface area contributed by atoms with Gasteiger partial charge in [0.05, 0.1) is 6.61 Å². The molecule has 1 aromatic carbocycles. The molecule has 3 rings (SSSR count). The van der Waals surface area contributed by atoms with Gasteiger partial charge < -0.3 is 19.0 Å². The van der Waals surface area contributed by atoms with E-state index in [2.05, 4.69) is 9.55 Å². The standard InChI is InChI=1S/C25H27N3O4/c1-15-12-19(17(3)28(15)10-11-31-5)13-20(14-26)25(30)32-18(4)24(29)23-16(2)27-22-9-7-6-8-21(22)23/h6-9,12-13,18,27H,10-11H2,1-5H3/b20-13+/t18-/m0/s1. The maximum Gasteiger partial charge on any atom is 0.349 e. The summed E-state index contributed by atoms with van der Waals surface area (Å²) in [6.45, 7) is 8.42. The second kappa shape index (κ2) is 9.67. The number of hydrogen-bond acceptors (Lipinski definition) is 5. The molecule has 0 aliphatic rings. The molecule has 0 saturated heterocycles. The number of nitrogens with one attached hydrogen (secondary N) is 1. The summed E-state index contributed by atoms with van der Waals surface area (Å²) in [6, 6.07) is 11.3. The Hall–Kier alpha value is -3.63. The maximum absolute atomic E-state index is 13.0. The summed E-state index contributed by atoms with van der Waals surface area (Å²) in [5.74, 6) is -1.14. The van der Waals surface area contributed by atoms with E-state index in [-0.39, 0.29) is 11.4 Å². The Morgan fingerprint density at radius 3 is 2.66 bits per heavy atom. The van der Waals surface area contributed by atoms with E-state index in [0.29, 0.717) is 24.4 Å². The van der Waals surface area contributed by atoms with Crippen molar-refractivity contribution in [3.05, 3.63) is 64.1 Å². The van der Waals surface area contributed by atoms with Gasteiger partial charge in [0.2, 0.25) is 5.78 Å². The number of nitrogens with zero attached hydrogens (tertiary/aromatic N) is 2. The van der Waals surface area contributed by atoms with Gasteiger partial charge in [0, 0.05) is 47.2 Å². The SMILES string of the molecule is COCCn1c(C)cc(/C=C(\C#N)C(=O)O[C@@H](C)C(=O)c2c(C)[nH]c3ccccc23)c1C. The number of hydrogen-bond donors (Lipinski definition) is 1. The van der Waals surface area contributed by atoms with Gasteiger partial charge in [-0.25, -0.2) is 4.79 Å². The number of aromatic amines is 1. The predicted octanol–water partition coefficient (Wildman–Crippen LogP) is 4.26. The largest absolute Gasteiger partial charge is 0.450 e. The summed E-state index contributed by atoms with van der Waals surface area (Å²) in [5.41, 5.74) is 4.54. The van der Waals surface area contributed by atoms with Crippen LogP contribution in [0.2, 0.25) is 0 Å². The molecular formula is C25H27N3O4. The third-order valence-electron chi connectivity index (χ3n) is 5.57. The van der Waals surface area contributed by atoms with Gasteiger partial charge in [-0.3, -0.25) is 4.79 Å². The molecule has 0 unspecified atom stereocenters. The molecule has 0 bridgehead atoms. The van der Waals surface area contributed by atoms with E-state index in [1.54, 1.807) is 7.11 Å². The Morgan fingerprint density at radius 2 is 1.97 bits per heavy atom. The Labute approximate surface area is 187 Å². The van der Waals surface area contributed by atoms with Gasteiger partial charge >= 0.3 is 5.97 Å². The van der Waals surface area contributed by atoms with Crippen LogP contribution in [-0.4, -0.2) is 41.1 Å². The van der Waals surface area contributed by atoms with Crippen LogP contribution in [0.1, 0.15) is 39.9 Å². The van der Waals surface area contributed by atoms with Gasteiger partial charge in [0.25, 0.3) is 0 Å². The van der Waals surface area contributed by atoms with Crippen LogP contribution in [0.3, 0.4) is 0 Å². The average Bonchev–Trinajstić information content (AvgIpc) is 3.24. The van der Waals surface area contributed by atoms with Crippen molar-refractivity contribution in [1.82, 2.24) is 9.55 Å². The number of fused-ring (bicyclic) bond motifs is 1. The molecule has 2 aromatic heterocycles. The van der Waals surface area contributed by atoms with Crippen molar-refractivity contribution in [2.75, 3.05) is 13.7 Å². The van der Waals surface area contributed by atoms with Crippen molar-refractivity contribution in [2.45, 2.75) is 40.3 Å². The van der Waals surface area contributed by atoms with Crippen LogP contribution < -0.4 is 0 Å². The van der Waals surface area contributed by atoms with Crippen LogP contribution in [0.4, 0.5) is 0 Å². The topological polar surface area (TPSA) is 97.1 Å². The predicted molar refractivity (Wildman–Crippen MR) is 122 cm³/mol. The van der Waals surface area contributed by atoms with E-state index in [9.17, 15) is 14.9 Å². The quantitative estimate of drug-likeness (QED) is 0.248. The fraction of sp³-hybridized carbons (Fsp3) is 0.320. The van der Waals surface area contributed by atoms with Gasteiger partial charge in [-0.2, -0.15) is 5.26 Å². The lowest BCUT2D eigenvalue weighted by Gasteiger charge is -2.12. The zero-order chi connectivity index (χ0) is 23.4. The van der Waals surface area contributed by atoms with E-state index >= 15 is 0 Å². The highest BCUT2D eigenvalue weighted by Gasteiger charge is 2.26. The summed E-state index contributed by atoms with van der Waals surface area (Å²) in [4.78, 5) is 28.9. The number of Topliss-reactive ketones (excluding diaryl/α,β-unsaturated/α-hetero) is 1. The van der Waals surface area contributed by atoms with Gasteiger partial charge in [-0.15, -0.1) is 0 Å². The second-order valence-electron chi connectivity index (χ2n) is 7.72. The highest BCUT2D eigenvalue weighted by Crippen LogP contribution is 2.24. The lowest BCUT2D eigenvalue weighted by atomic mass is 10.0. The van der Waals surface area contributed by atoms with E-state index < -0.39 is 12.1 Å². The molecule has 32 heavy (non-hydrogen) atoms. The summed E-state index contributed by atoms with van der Waals surface area (Å²) in [7, 11) is 1.64. The fourth-order valence-electron chi connectivity index (χ4n) is 3.87. The third kappa shape index (κ3) is 4.51. The number of H-pyrrole nitrogens is 1. The van der Waals surface area contributed by atoms with E-state index in [1.165, 1.54) is 13.0 Å². The zero-order valence-electron chi connectivity index (χ0n) is 19.0. The summed E-state index contributed by atoms with van der Waals surface area (Å²) < 4.78 is 12.6. The minimum Gasteiger partial charge on any atom is -0.450 e. The number of aryl methyl sites for hydroxylation is 2. The Balaban J connectivity index is 1.81. The van der Waals surface area contributed by atoms with E-state index in [4.69, 9.17) is 9.47 Å². The van der Waals surface area contributed by atoms with Crippen molar-refractivity contribution >= 4 is 28.7 Å². The first-order valence-corrected chi connectivity index (χ1v) is 10.4. The number of para-hydroxylation sites is 1. The summed E-state index contributed by atoms with van der Waals surface area (Å²) in [5, 5.41) is 10.3. The highest BCUT2D eigenvalue weighted by molar-refractivity contribution is 6.12. The smallest absolute Gasteiger partial charge is 0.349 e. The lowest BCUT2D eigenvalue weighted by Crippen LogP contribution is -2.25. The second-order valence-corrected chi connectivity index (χ2v) is 7.72. The molecule has 0 aliphatic heterocycles. The molecule has 0 saturated carbocycles. The van der Waals surface area contributed by atoms with Crippen LogP contribution in [0.5, 0.6) is 0 Å². The number of carbonyl (C=O) groups is 2. The molecule has 2 heterocycles. The first kappa shape index (κ1) is 23.0. The molecule has 7 heteroatoms. The molecule has 0 spiro atoms. The molecule has 1 N–H and O–H groups in total. The molecule has 0 aliphatic carbocycles. The molecule has 0 radical (unpaired) electrons. The number of benzene rings is 1. The van der Waals surface area contributed by atoms with Gasteiger partial charge in [0.15, 0.2) is 6.10 Å². The zero-order valence-corrected chi connectivity index (χ0v) is 19.0. The molecule has 0 fully saturated rings. The first-order valence-electron chi connectivity index (χ1n) is 10.4. The van der Waals surface area contributed by atoms with E-state index in [0.717, 1.165) is 27.9 Å². The monoisotopic (exact) mass is 433 g/mol. The third-order valence-corrected chi connectivity index (χ3v) is 5.57.